The average Bonchev–Trinajstić information content (AvgIpc) is 3.49. The molecule has 1 atom stereocenters. The highest BCUT2D eigenvalue weighted by Crippen LogP contribution is 2.41. The first-order valence-electron chi connectivity index (χ1n) is 16.9. The molecule has 0 saturated carbocycles. The van der Waals surface area contributed by atoms with Crippen LogP contribution in [0.3, 0.4) is 0 Å². The number of Topliss-reactive ketones (excluding diaryl/α,β-unsaturated/α-hetero) is 1. The van der Waals surface area contributed by atoms with Crippen molar-refractivity contribution < 1.29 is 24.2 Å². The Labute approximate surface area is 278 Å². The molecular weight excluding hydrogens is 596 g/mol. The fourth-order valence-electron chi connectivity index (χ4n) is 5.53. The molecule has 0 fully saturated rings. The predicted molar refractivity (Wildman–Crippen MR) is 182 cm³/mol. The minimum atomic E-state index is -0.939. The van der Waals surface area contributed by atoms with Gasteiger partial charge in [0.15, 0.2) is 6.23 Å². The Morgan fingerprint density at radius 3 is 2.40 bits per heavy atom. The van der Waals surface area contributed by atoms with Crippen molar-refractivity contribution in [3.05, 3.63) is 54.1 Å². The summed E-state index contributed by atoms with van der Waals surface area (Å²) in [6.07, 6.45) is 2.65. The van der Waals surface area contributed by atoms with Gasteiger partial charge in [-0.3, -0.25) is 14.4 Å². The standard InChI is InChI=1S/C36H50N6O5/c1-25(2)16-17-28(43)12-9-21-47-22-10-20-37-32(44)18-19-33(45)41-24-27-11-5-6-13-29(27)36-35(30-14-7-8-15-31(30)41)39-40-42(36)34(46)23-38-26(3)4/h5-8,11,13-15,25-26,34,38,46H,9-10,12,16-24H2,1-4H3,(H,37,44). The number of para-hydroxylation sites is 1. The van der Waals surface area contributed by atoms with Gasteiger partial charge in [-0.05, 0) is 36.8 Å². The van der Waals surface area contributed by atoms with Crippen LogP contribution in [-0.2, 0) is 25.7 Å². The van der Waals surface area contributed by atoms with E-state index in [2.05, 4.69) is 34.8 Å². The number of anilines is 1. The van der Waals surface area contributed by atoms with E-state index in [0.717, 1.165) is 23.1 Å². The zero-order valence-electron chi connectivity index (χ0n) is 28.2. The molecule has 2 aromatic carbocycles. The number of hydrogen-bond acceptors (Lipinski definition) is 8. The molecular formula is C36H50N6O5. The lowest BCUT2D eigenvalue weighted by atomic mass is 9.95. The second-order valence-corrected chi connectivity index (χ2v) is 12.8. The highest BCUT2D eigenvalue weighted by atomic mass is 16.5. The van der Waals surface area contributed by atoms with Crippen LogP contribution in [0.5, 0.6) is 0 Å². The third-order valence-electron chi connectivity index (χ3n) is 8.14. The van der Waals surface area contributed by atoms with E-state index < -0.39 is 6.23 Å². The molecule has 47 heavy (non-hydrogen) atoms. The second-order valence-electron chi connectivity index (χ2n) is 12.8. The molecule has 1 aliphatic rings. The number of ketones is 1. The number of nitrogens with zero attached hydrogens (tertiary/aromatic N) is 4. The van der Waals surface area contributed by atoms with Gasteiger partial charge in [0, 0.05) is 69.2 Å². The molecule has 4 rings (SSSR count). The van der Waals surface area contributed by atoms with E-state index in [1.807, 2.05) is 62.4 Å². The maximum Gasteiger partial charge on any atom is 0.227 e. The van der Waals surface area contributed by atoms with E-state index in [0.29, 0.717) is 81.5 Å². The monoisotopic (exact) mass is 646 g/mol. The van der Waals surface area contributed by atoms with E-state index in [9.17, 15) is 19.5 Å². The predicted octanol–water partition coefficient (Wildman–Crippen LogP) is 5.04. The summed E-state index contributed by atoms with van der Waals surface area (Å²) in [5, 5.41) is 26.1. The lowest BCUT2D eigenvalue weighted by Crippen LogP contribution is -2.34. The van der Waals surface area contributed by atoms with E-state index in [4.69, 9.17) is 4.74 Å². The summed E-state index contributed by atoms with van der Waals surface area (Å²) in [6.45, 7) is 10.3. The lowest BCUT2D eigenvalue weighted by Gasteiger charge is -2.29. The molecule has 3 aromatic rings. The Kier molecular flexibility index (Phi) is 13.6. The summed E-state index contributed by atoms with van der Waals surface area (Å²) >= 11 is 0. The van der Waals surface area contributed by atoms with Crippen molar-refractivity contribution in [3.8, 4) is 22.5 Å². The Balaban J connectivity index is 1.34. The van der Waals surface area contributed by atoms with Crippen LogP contribution in [0, 0.1) is 5.92 Å². The van der Waals surface area contributed by atoms with E-state index in [1.54, 1.807) is 9.58 Å². The SMILES string of the molecule is CC(C)CCC(=O)CCCOCCCNC(=O)CCC(=O)N1Cc2ccccc2-c2c(nnn2C(O)CNC(C)C)-c2ccccc21. The van der Waals surface area contributed by atoms with Gasteiger partial charge in [-0.25, -0.2) is 4.68 Å². The molecule has 2 amide bonds. The highest BCUT2D eigenvalue weighted by molar-refractivity contribution is 6.01. The summed E-state index contributed by atoms with van der Waals surface area (Å²) in [5.74, 6) is 0.457. The molecule has 0 saturated heterocycles. The van der Waals surface area contributed by atoms with Gasteiger partial charge in [-0.1, -0.05) is 75.4 Å². The van der Waals surface area contributed by atoms with Crippen molar-refractivity contribution in [2.45, 2.75) is 91.5 Å². The summed E-state index contributed by atoms with van der Waals surface area (Å²) in [5.41, 5.74) is 4.39. The number of ether oxygens (including phenoxy) is 1. The zero-order valence-corrected chi connectivity index (χ0v) is 28.2. The van der Waals surface area contributed by atoms with Crippen molar-refractivity contribution in [2.24, 2.45) is 5.92 Å². The number of benzene rings is 2. The minimum Gasteiger partial charge on any atom is -0.381 e. The number of nitrogens with one attached hydrogen (secondary N) is 2. The van der Waals surface area contributed by atoms with Crippen LogP contribution in [0.2, 0.25) is 0 Å². The number of aromatic nitrogens is 3. The smallest absolute Gasteiger partial charge is 0.227 e. The average molecular weight is 647 g/mol. The Morgan fingerprint density at radius 1 is 0.915 bits per heavy atom. The molecule has 11 heteroatoms. The van der Waals surface area contributed by atoms with Gasteiger partial charge in [-0.15, -0.1) is 5.10 Å². The maximum absolute atomic E-state index is 13.7. The number of aliphatic hydroxyl groups is 1. The Morgan fingerprint density at radius 2 is 1.64 bits per heavy atom. The van der Waals surface area contributed by atoms with Crippen molar-refractivity contribution in [1.29, 1.82) is 0 Å². The summed E-state index contributed by atoms with van der Waals surface area (Å²) < 4.78 is 7.17. The second kappa shape index (κ2) is 17.8. The van der Waals surface area contributed by atoms with Crippen LogP contribution in [0.25, 0.3) is 22.5 Å². The molecule has 1 aliphatic heterocycles. The van der Waals surface area contributed by atoms with E-state index in [1.165, 1.54) is 0 Å². The van der Waals surface area contributed by atoms with E-state index >= 15 is 0 Å². The molecule has 1 unspecified atom stereocenters. The third-order valence-corrected chi connectivity index (χ3v) is 8.14. The molecule has 3 N–H and O–H groups in total. The normalized spacial score (nSPS) is 13.0. The first-order chi connectivity index (χ1) is 22.7. The summed E-state index contributed by atoms with van der Waals surface area (Å²) in [4.78, 5) is 39.9. The molecule has 0 spiro atoms. The van der Waals surface area contributed by atoms with Gasteiger partial charge in [0.05, 0.1) is 12.2 Å². The number of amides is 2. The fourth-order valence-corrected chi connectivity index (χ4v) is 5.53. The number of fused-ring (bicyclic) bond motifs is 5. The van der Waals surface area contributed by atoms with Crippen molar-refractivity contribution in [2.75, 3.05) is 31.2 Å². The van der Waals surface area contributed by atoms with E-state index in [-0.39, 0.29) is 36.5 Å². The van der Waals surface area contributed by atoms with Crippen LogP contribution in [0.4, 0.5) is 5.69 Å². The number of hydrogen-bond donors (Lipinski definition) is 3. The van der Waals surface area contributed by atoms with Crippen LogP contribution >= 0.6 is 0 Å². The molecule has 0 bridgehead atoms. The first kappa shape index (κ1) is 35.9. The topological polar surface area (TPSA) is 139 Å². The van der Waals surface area contributed by atoms with Crippen LogP contribution in [0.15, 0.2) is 48.5 Å². The quantitative estimate of drug-likeness (QED) is 0.164. The summed E-state index contributed by atoms with van der Waals surface area (Å²) in [6, 6.07) is 15.5. The van der Waals surface area contributed by atoms with Gasteiger partial charge in [0.1, 0.15) is 17.2 Å². The van der Waals surface area contributed by atoms with Crippen molar-refractivity contribution >= 4 is 23.3 Å². The Bertz CT molecular complexity index is 1490. The Hall–Kier alpha value is -3.93. The van der Waals surface area contributed by atoms with Crippen LogP contribution in [-0.4, -0.2) is 70.0 Å². The number of carbonyl (C=O) groups excluding carboxylic acids is 3. The van der Waals surface area contributed by atoms with Crippen molar-refractivity contribution in [1.82, 2.24) is 25.6 Å². The van der Waals surface area contributed by atoms with Gasteiger partial charge in [0.2, 0.25) is 11.8 Å². The number of rotatable bonds is 18. The van der Waals surface area contributed by atoms with Gasteiger partial charge >= 0.3 is 0 Å². The number of carbonyl (C=O) groups is 3. The lowest BCUT2D eigenvalue weighted by molar-refractivity contribution is -0.125. The molecule has 1 aromatic heterocycles. The first-order valence-corrected chi connectivity index (χ1v) is 16.9. The molecule has 0 radical (unpaired) electrons. The van der Waals surface area contributed by atoms with Gasteiger partial charge < -0.3 is 25.4 Å². The zero-order chi connectivity index (χ0) is 33.8. The van der Waals surface area contributed by atoms with Crippen LogP contribution < -0.4 is 15.5 Å². The molecule has 11 nitrogen and oxygen atoms in total. The van der Waals surface area contributed by atoms with Gasteiger partial charge in [-0.2, -0.15) is 0 Å². The number of aliphatic hydroxyl groups excluding tert-OH is 1. The maximum atomic E-state index is 13.7. The fraction of sp³-hybridized carbons (Fsp3) is 0.528. The molecule has 0 aliphatic carbocycles. The third kappa shape index (κ3) is 10.3. The molecule has 2 heterocycles. The summed E-state index contributed by atoms with van der Waals surface area (Å²) in [7, 11) is 0. The van der Waals surface area contributed by atoms with Crippen LogP contribution in [0.1, 0.15) is 84.4 Å². The highest BCUT2D eigenvalue weighted by Gasteiger charge is 2.30. The molecule has 254 valence electrons. The minimum absolute atomic E-state index is 0.0444. The van der Waals surface area contributed by atoms with Crippen molar-refractivity contribution in [3.63, 3.8) is 0 Å². The largest absolute Gasteiger partial charge is 0.381 e. The van der Waals surface area contributed by atoms with Gasteiger partial charge in [0.25, 0.3) is 0 Å².